The van der Waals surface area contributed by atoms with Crippen LogP contribution < -0.4 is 16.3 Å². The van der Waals surface area contributed by atoms with Crippen molar-refractivity contribution in [3.8, 4) is 16.8 Å². The topological polar surface area (TPSA) is 92.7 Å². The molecule has 0 aliphatic rings. The van der Waals surface area contributed by atoms with Gasteiger partial charge in [0.25, 0.3) is 5.56 Å². The van der Waals surface area contributed by atoms with E-state index in [1.807, 2.05) is 67.6 Å². The lowest BCUT2D eigenvalue weighted by atomic mass is 9.97. The molecule has 2 N–H and O–H groups in total. The number of anilines is 1. The quantitative estimate of drug-likeness (QED) is 0.245. The molecule has 39 heavy (non-hydrogen) atoms. The van der Waals surface area contributed by atoms with Crippen molar-refractivity contribution in [3.05, 3.63) is 128 Å². The summed E-state index contributed by atoms with van der Waals surface area (Å²) in [6.07, 6.45) is 2.91. The van der Waals surface area contributed by atoms with Crippen LogP contribution in [0.5, 0.6) is 0 Å². The second-order valence-electron chi connectivity index (χ2n) is 9.06. The van der Waals surface area contributed by atoms with Crippen LogP contribution in [0.25, 0.3) is 38.6 Å². The van der Waals surface area contributed by atoms with Crippen molar-refractivity contribution in [2.75, 3.05) is 5.32 Å². The Morgan fingerprint density at radius 2 is 1.64 bits per heavy atom. The van der Waals surface area contributed by atoms with Gasteiger partial charge < -0.3 is 10.3 Å². The minimum absolute atomic E-state index is 0.222. The maximum atomic E-state index is 14.4. The third-order valence-electron chi connectivity index (χ3n) is 6.67. The van der Waals surface area contributed by atoms with Crippen molar-refractivity contribution >= 4 is 50.8 Å². The molecule has 0 amide bonds. The molecule has 6 rings (SSSR count). The lowest BCUT2D eigenvalue weighted by Crippen LogP contribution is -2.27. The van der Waals surface area contributed by atoms with Gasteiger partial charge in [-0.05, 0) is 42.3 Å². The number of aromatic amines is 1. The van der Waals surface area contributed by atoms with Crippen molar-refractivity contribution in [2.45, 2.75) is 13.0 Å². The monoisotopic (exact) mass is 553 g/mol. The highest BCUT2D eigenvalue weighted by Gasteiger charge is 2.24. The minimum Gasteiger partial charge on any atom is -0.361 e. The van der Waals surface area contributed by atoms with Crippen molar-refractivity contribution in [1.82, 2.24) is 19.5 Å². The summed E-state index contributed by atoms with van der Waals surface area (Å²) < 4.78 is 1.62. The van der Waals surface area contributed by atoms with E-state index < -0.39 is 6.04 Å². The van der Waals surface area contributed by atoms with Crippen molar-refractivity contribution in [3.63, 3.8) is 0 Å². The summed E-state index contributed by atoms with van der Waals surface area (Å²) in [7, 11) is 0. The Hall–Kier alpha value is -4.46. The van der Waals surface area contributed by atoms with Crippen LogP contribution in [0.1, 0.15) is 18.7 Å². The number of nitrogens with zero attached hydrogens (tertiary/aromatic N) is 3. The molecule has 192 valence electrons. The maximum Gasteiger partial charge on any atom is 0.263 e. The molecule has 3 aromatic carbocycles. The normalized spacial score (nSPS) is 12.1. The van der Waals surface area contributed by atoms with Crippen molar-refractivity contribution in [2.24, 2.45) is 0 Å². The fourth-order valence-electron chi connectivity index (χ4n) is 4.90. The van der Waals surface area contributed by atoms with Gasteiger partial charge in [0, 0.05) is 28.4 Å². The molecular formula is C30H21Cl2N5O2. The highest BCUT2D eigenvalue weighted by molar-refractivity contribution is 6.36. The first-order valence-electron chi connectivity index (χ1n) is 12.2. The number of hydrogen-bond donors (Lipinski definition) is 2. The highest BCUT2D eigenvalue weighted by Crippen LogP contribution is 2.36. The largest absolute Gasteiger partial charge is 0.361 e. The van der Waals surface area contributed by atoms with Crippen LogP contribution in [0.4, 0.5) is 5.82 Å². The Balaban J connectivity index is 1.62. The molecule has 0 saturated heterocycles. The van der Waals surface area contributed by atoms with E-state index in [2.05, 4.69) is 20.3 Å². The number of para-hydroxylation sites is 1. The van der Waals surface area contributed by atoms with Gasteiger partial charge in [0.2, 0.25) is 0 Å². The molecule has 0 unspecified atom stereocenters. The standard InChI is InChI=1S/C30H21Cl2N5O2/c1-17(36-29-25-23(38)14-15-33-28(25)34-16-35-29)27-26(32)22-9-5-8-21(18-10-12-19(31)13-11-18)24(22)30(39)37(27)20-6-3-2-4-7-20/h2-17H,1H3,(H2,33,34,35,36,38)/t17-/m0/s1. The van der Waals surface area contributed by atoms with E-state index in [-0.39, 0.29) is 11.0 Å². The molecule has 0 fully saturated rings. The number of benzene rings is 3. The molecule has 0 saturated carbocycles. The fraction of sp³-hybridized carbons (Fsp3) is 0.0667. The summed E-state index contributed by atoms with van der Waals surface area (Å²) in [6, 6.07) is 23.2. The van der Waals surface area contributed by atoms with Gasteiger partial charge in [0.15, 0.2) is 5.43 Å². The van der Waals surface area contributed by atoms with Gasteiger partial charge in [0.05, 0.1) is 22.1 Å². The van der Waals surface area contributed by atoms with Gasteiger partial charge in [0.1, 0.15) is 23.2 Å². The molecule has 0 radical (unpaired) electrons. The van der Waals surface area contributed by atoms with Gasteiger partial charge >= 0.3 is 0 Å². The number of pyridine rings is 2. The van der Waals surface area contributed by atoms with E-state index in [1.165, 1.54) is 18.6 Å². The average molecular weight is 554 g/mol. The average Bonchev–Trinajstić information content (AvgIpc) is 2.95. The Labute approximate surface area is 232 Å². The Bertz CT molecular complexity index is 1960. The fourth-order valence-corrected chi connectivity index (χ4v) is 5.43. The highest BCUT2D eigenvalue weighted by atomic mass is 35.5. The number of hydrogen-bond acceptors (Lipinski definition) is 5. The first kappa shape index (κ1) is 24.9. The molecule has 1 atom stereocenters. The first-order chi connectivity index (χ1) is 18.9. The Morgan fingerprint density at radius 1 is 0.872 bits per heavy atom. The number of nitrogens with one attached hydrogen (secondary N) is 2. The summed E-state index contributed by atoms with van der Waals surface area (Å²) in [6.45, 7) is 1.88. The van der Waals surface area contributed by atoms with Gasteiger partial charge in [-0.15, -0.1) is 0 Å². The van der Waals surface area contributed by atoms with Gasteiger partial charge in [-0.3, -0.25) is 14.2 Å². The molecule has 0 bridgehead atoms. The zero-order valence-corrected chi connectivity index (χ0v) is 22.2. The number of rotatable bonds is 5. The van der Waals surface area contributed by atoms with Crippen LogP contribution in [0.2, 0.25) is 10.0 Å². The molecule has 9 heteroatoms. The zero-order chi connectivity index (χ0) is 27.1. The summed E-state index contributed by atoms with van der Waals surface area (Å²) in [4.78, 5) is 38.5. The second kappa shape index (κ2) is 10.0. The molecule has 0 aliphatic heterocycles. The second-order valence-corrected chi connectivity index (χ2v) is 9.88. The maximum absolute atomic E-state index is 14.4. The Kier molecular flexibility index (Phi) is 6.38. The molecule has 3 aromatic heterocycles. The van der Waals surface area contributed by atoms with Crippen LogP contribution in [0, 0.1) is 0 Å². The summed E-state index contributed by atoms with van der Waals surface area (Å²) in [5, 5.41) is 5.77. The number of H-pyrrole nitrogens is 1. The van der Waals surface area contributed by atoms with Crippen LogP contribution >= 0.6 is 23.2 Å². The van der Waals surface area contributed by atoms with E-state index >= 15 is 0 Å². The predicted octanol–water partition coefficient (Wildman–Crippen LogP) is 6.77. The summed E-state index contributed by atoms with van der Waals surface area (Å²) >= 11 is 13.3. The lowest BCUT2D eigenvalue weighted by Gasteiger charge is -2.24. The van der Waals surface area contributed by atoms with Crippen LogP contribution in [0.15, 0.2) is 101 Å². The smallest absolute Gasteiger partial charge is 0.263 e. The lowest BCUT2D eigenvalue weighted by molar-refractivity contribution is 0.774. The van der Waals surface area contributed by atoms with E-state index in [4.69, 9.17) is 23.2 Å². The molecule has 7 nitrogen and oxygen atoms in total. The molecule has 0 aliphatic carbocycles. The van der Waals surface area contributed by atoms with Crippen LogP contribution in [0.3, 0.4) is 0 Å². The van der Waals surface area contributed by atoms with Crippen molar-refractivity contribution < 1.29 is 0 Å². The number of halogens is 2. The number of fused-ring (bicyclic) bond motifs is 2. The number of aromatic nitrogens is 4. The summed E-state index contributed by atoms with van der Waals surface area (Å²) in [5.74, 6) is 0.340. The Morgan fingerprint density at radius 3 is 2.41 bits per heavy atom. The summed E-state index contributed by atoms with van der Waals surface area (Å²) in [5.41, 5.74) is 2.75. The van der Waals surface area contributed by atoms with Crippen LogP contribution in [-0.2, 0) is 0 Å². The van der Waals surface area contributed by atoms with E-state index in [9.17, 15) is 9.59 Å². The zero-order valence-electron chi connectivity index (χ0n) is 20.7. The third kappa shape index (κ3) is 4.35. The SMILES string of the molecule is C[C@H](Nc1ncnc2[nH]ccc(=O)c12)c1c(Cl)c2cccc(-c3ccc(Cl)cc3)c2c(=O)n1-c1ccccc1. The first-order valence-corrected chi connectivity index (χ1v) is 13.0. The molecule has 6 aromatic rings. The van der Waals surface area contributed by atoms with E-state index in [0.717, 1.165) is 11.1 Å². The van der Waals surface area contributed by atoms with Crippen LogP contribution in [-0.4, -0.2) is 19.5 Å². The molecular weight excluding hydrogens is 533 g/mol. The van der Waals surface area contributed by atoms with Gasteiger partial charge in [-0.1, -0.05) is 71.7 Å². The third-order valence-corrected chi connectivity index (χ3v) is 7.31. The van der Waals surface area contributed by atoms with Crippen molar-refractivity contribution in [1.29, 1.82) is 0 Å². The molecule has 3 heterocycles. The van der Waals surface area contributed by atoms with Gasteiger partial charge in [-0.25, -0.2) is 9.97 Å². The van der Waals surface area contributed by atoms with E-state index in [1.54, 1.807) is 16.7 Å². The van der Waals surface area contributed by atoms with E-state index in [0.29, 0.717) is 49.1 Å². The minimum atomic E-state index is -0.522. The predicted molar refractivity (Wildman–Crippen MR) is 157 cm³/mol. The van der Waals surface area contributed by atoms with Gasteiger partial charge in [-0.2, -0.15) is 0 Å². The molecule has 0 spiro atoms.